The third-order valence-corrected chi connectivity index (χ3v) is 7.10. The van der Waals surface area contributed by atoms with Gasteiger partial charge in [0.25, 0.3) is 0 Å². The van der Waals surface area contributed by atoms with Crippen LogP contribution in [0.15, 0.2) is 83.8 Å². The minimum absolute atomic E-state index is 0.0982. The lowest BCUT2D eigenvalue weighted by molar-refractivity contribution is -0.137. The molecule has 37 heavy (non-hydrogen) atoms. The number of halogens is 3. The number of esters is 1. The van der Waals surface area contributed by atoms with Gasteiger partial charge in [-0.25, -0.2) is 13.2 Å². The maximum absolute atomic E-state index is 13.4. The van der Waals surface area contributed by atoms with E-state index in [0.29, 0.717) is 28.1 Å². The van der Waals surface area contributed by atoms with Crippen LogP contribution in [0.2, 0.25) is 0 Å². The minimum Gasteiger partial charge on any atom is -0.457 e. The highest BCUT2D eigenvalue weighted by atomic mass is 32.2. The Morgan fingerprint density at radius 2 is 1.59 bits per heavy atom. The molecule has 0 aliphatic carbocycles. The number of hydrogen-bond acceptors (Lipinski definition) is 4. The van der Waals surface area contributed by atoms with Gasteiger partial charge in [0.05, 0.1) is 21.7 Å². The molecule has 192 valence electrons. The molecule has 4 aromatic rings. The van der Waals surface area contributed by atoms with Gasteiger partial charge in [0.15, 0.2) is 9.84 Å². The molecule has 0 bridgehead atoms. The zero-order valence-corrected chi connectivity index (χ0v) is 21.2. The van der Waals surface area contributed by atoms with Crippen LogP contribution in [-0.4, -0.2) is 25.2 Å². The second-order valence-corrected chi connectivity index (χ2v) is 10.8. The van der Waals surface area contributed by atoms with Gasteiger partial charge in [-0.15, -0.1) is 0 Å². The third kappa shape index (κ3) is 5.77. The van der Waals surface area contributed by atoms with Crippen LogP contribution < -0.4 is 0 Å². The Hall–Kier alpha value is -3.85. The summed E-state index contributed by atoms with van der Waals surface area (Å²) in [6.45, 7) is 3.49. The maximum Gasteiger partial charge on any atom is 0.416 e. The van der Waals surface area contributed by atoms with E-state index in [9.17, 15) is 26.4 Å². The quantitative estimate of drug-likeness (QED) is 0.267. The molecule has 5 nitrogen and oxygen atoms in total. The van der Waals surface area contributed by atoms with Crippen molar-refractivity contribution in [3.05, 3.63) is 107 Å². The summed E-state index contributed by atoms with van der Waals surface area (Å²) in [5, 5.41) is 0. The van der Waals surface area contributed by atoms with Crippen LogP contribution in [0.3, 0.4) is 0 Å². The van der Waals surface area contributed by atoms with Crippen molar-refractivity contribution >= 4 is 15.8 Å². The van der Waals surface area contributed by atoms with E-state index in [-0.39, 0.29) is 17.2 Å². The molecule has 0 fully saturated rings. The smallest absolute Gasteiger partial charge is 0.416 e. The van der Waals surface area contributed by atoms with Crippen LogP contribution in [-0.2, 0) is 27.4 Å². The number of sulfone groups is 1. The zero-order chi connectivity index (χ0) is 27.0. The van der Waals surface area contributed by atoms with Crippen LogP contribution in [0, 0.1) is 13.8 Å². The number of aromatic nitrogens is 1. The van der Waals surface area contributed by atoms with Gasteiger partial charge >= 0.3 is 12.1 Å². The van der Waals surface area contributed by atoms with Gasteiger partial charge in [-0.2, -0.15) is 13.2 Å². The number of carbonyl (C=O) groups excluding carboxylic acids is 1. The number of alkyl halides is 3. The summed E-state index contributed by atoms with van der Waals surface area (Å²) in [7, 11) is -3.43. The third-order valence-electron chi connectivity index (χ3n) is 5.97. The second kappa shape index (κ2) is 9.89. The Morgan fingerprint density at radius 3 is 2.22 bits per heavy atom. The van der Waals surface area contributed by atoms with E-state index < -0.39 is 27.5 Å². The van der Waals surface area contributed by atoms with E-state index in [0.717, 1.165) is 24.0 Å². The lowest BCUT2D eigenvalue weighted by Crippen LogP contribution is -2.08. The topological polar surface area (TPSA) is 65.4 Å². The van der Waals surface area contributed by atoms with Gasteiger partial charge < -0.3 is 9.30 Å². The van der Waals surface area contributed by atoms with Crippen LogP contribution in [0.4, 0.5) is 13.2 Å². The van der Waals surface area contributed by atoms with Gasteiger partial charge in [-0.1, -0.05) is 35.9 Å². The molecule has 1 heterocycles. The van der Waals surface area contributed by atoms with Gasteiger partial charge in [0, 0.05) is 23.2 Å². The summed E-state index contributed by atoms with van der Waals surface area (Å²) < 4.78 is 71.3. The van der Waals surface area contributed by atoms with Crippen molar-refractivity contribution in [3.8, 4) is 16.9 Å². The highest BCUT2D eigenvalue weighted by Crippen LogP contribution is 2.34. The van der Waals surface area contributed by atoms with Crippen molar-refractivity contribution in [1.82, 2.24) is 4.57 Å². The molecule has 1 aromatic heterocycles. The standard InChI is InChI=1S/C28H24F3NO4S/c1-18-6-4-7-21(14-18)27(33)36-17-22-15-26(20-10-12-25(13-11-20)37(3,34)35)32(19(22)2)24-9-5-8-23(16-24)28(29,30)31/h4-16H,17H2,1-3H3. The van der Waals surface area contributed by atoms with Crippen LogP contribution in [0.1, 0.15) is 32.7 Å². The average molecular weight is 528 g/mol. The maximum atomic E-state index is 13.4. The Balaban J connectivity index is 1.77. The monoisotopic (exact) mass is 527 g/mol. The first kappa shape index (κ1) is 26.2. The first-order valence-corrected chi connectivity index (χ1v) is 13.2. The summed E-state index contributed by atoms with van der Waals surface area (Å²) in [6, 6.07) is 19.7. The molecule has 3 aromatic carbocycles. The predicted octanol–water partition coefficient (Wildman–Crippen LogP) is 6.54. The molecule has 0 aliphatic rings. The fourth-order valence-electron chi connectivity index (χ4n) is 4.04. The molecule has 0 saturated heterocycles. The van der Waals surface area contributed by atoms with Crippen LogP contribution in [0.5, 0.6) is 0 Å². The number of ether oxygens (including phenoxy) is 1. The van der Waals surface area contributed by atoms with Crippen molar-refractivity contribution in [2.45, 2.75) is 31.5 Å². The van der Waals surface area contributed by atoms with Crippen molar-refractivity contribution in [3.63, 3.8) is 0 Å². The molecule has 0 amide bonds. The summed E-state index contributed by atoms with van der Waals surface area (Å²) in [5.74, 6) is -0.519. The van der Waals surface area contributed by atoms with E-state index >= 15 is 0 Å². The number of nitrogens with zero attached hydrogens (tertiary/aromatic N) is 1. The molecular formula is C28H24F3NO4S. The van der Waals surface area contributed by atoms with Crippen molar-refractivity contribution in [2.24, 2.45) is 0 Å². The summed E-state index contributed by atoms with van der Waals surface area (Å²) in [6.07, 6.45) is -3.43. The molecule has 0 radical (unpaired) electrons. The summed E-state index contributed by atoms with van der Waals surface area (Å²) in [5.41, 5.74) is 3.06. The first-order valence-electron chi connectivity index (χ1n) is 11.3. The summed E-state index contributed by atoms with van der Waals surface area (Å²) >= 11 is 0. The minimum atomic E-state index is -4.53. The molecule has 4 rings (SSSR count). The zero-order valence-electron chi connectivity index (χ0n) is 20.3. The number of hydrogen-bond donors (Lipinski definition) is 0. The number of rotatable bonds is 6. The van der Waals surface area contributed by atoms with Gasteiger partial charge in [-0.3, -0.25) is 0 Å². The number of aryl methyl sites for hydroxylation is 1. The second-order valence-electron chi connectivity index (χ2n) is 8.77. The fourth-order valence-corrected chi connectivity index (χ4v) is 4.67. The number of carbonyl (C=O) groups is 1. The highest BCUT2D eigenvalue weighted by molar-refractivity contribution is 7.90. The molecule has 0 saturated carbocycles. The van der Waals surface area contributed by atoms with Gasteiger partial charge in [0.2, 0.25) is 0 Å². The van der Waals surface area contributed by atoms with Crippen molar-refractivity contribution in [1.29, 1.82) is 0 Å². The first-order chi connectivity index (χ1) is 17.3. The van der Waals surface area contributed by atoms with E-state index in [2.05, 4.69) is 0 Å². The number of benzene rings is 3. The molecule has 0 aliphatic heterocycles. The molecular weight excluding hydrogens is 503 g/mol. The van der Waals surface area contributed by atoms with E-state index in [1.54, 1.807) is 54.0 Å². The highest BCUT2D eigenvalue weighted by Gasteiger charge is 2.31. The predicted molar refractivity (Wildman–Crippen MR) is 134 cm³/mol. The Kier molecular flexibility index (Phi) is 7.01. The molecule has 9 heteroatoms. The molecule has 0 spiro atoms. The van der Waals surface area contributed by atoms with E-state index in [4.69, 9.17) is 4.74 Å². The Bertz CT molecular complexity index is 1570. The van der Waals surface area contributed by atoms with Crippen LogP contribution >= 0.6 is 0 Å². The van der Waals surface area contributed by atoms with Crippen LogP contribution in [0.25, 0.3) is 16.9 Å². The van der Waals surface area contributed by atoms with E-state index in [1.165, 1.54) is 18.2 Å². The lowest BCUT2D eigenvalue weighted by atomic mass is 10.1. The largest absolute Gasteiger partial charge is 0.457 e. The SMILES string of the molecule is Cc1cccc(C(=O)OCc2cc(-c3ccc(S(C)(=O)=O)cc3)n(-c3cccc(C(F)(F)F)c3)c2C)c1. The van der Waals surface area contributed by atoms with Crippen molar-refractivity contribution in [2.75, 3.05) is 6.26 Å². The van der Waals surface area contributed by atoms with Gasteiger partial charge in [0.1, 0.15) is 6.61 Å². The van der Waals surface area contributed by atoms with E-state index in [1.807, 2.05) is 13.0 Å². The molecule has 0 N–H and O–H groups in total. The lowest BCUT2D eigenvalue weighted by Gasteiger charge is -2.15. The molecule has 0 unspecified atom stereocenters. The fraction of sp³-hybridized carbons (Fsp3) is 0.179. The summed E-state index contributed by atoms with van der Waals surface area (Å²) in [4.78, 5) is 12.7. The average Bonchev–Trinajstić information content (AvgIpc) is 3.17. The van der Waals surface area contributed by atoms with Gasteiger partial charge in [-0.05, 0) is 67.9 Å². The van der Waals surface area contributed by atoms with Crippen molar-refractivity contribution < 1.29 is 31.1 Å². The Morgan fingerprint density at radius 1 is 0.919 bits per heavy atom. The molecule has 0 atom stereocenters. The Labute approximate surface area is 213 Å². The normalized spacial score (nSPS) is 11.9.